The van der Waals surface area contributed by atoms with Crippen molar-refractivity contribution in [1.82, 2.24) is 20.3 Å². The summed E-state index contributed by atoms with van der Waals surface area (Å²) in [6.45, 7) is 0. The van der Waals surface area contributed by atoms with E-state index >= 15 is 0 Å². The Morgan fingerprint density at radius 1 is 1.13 bits per heavy atom. The van der Waals surface area contributed by atoms with Crippen LogP contribution in [0, 0.1) is 5.82 Å². The first-order chi connectivity index (χ1) is 14.6. The summed E-state index contributed by atoms with van der Waals surface area (Å²) in [7, 11) is 1.58. The molecule has 6 nitrogen and oxygen atoms in total. The second kappa shape index (κ2) is 8.70. The predicted molar refractivity (Wildman–Crippen MR) is 124 cm³/mol. The lowest BCUT2D eigenvalue weighted by atomic mass is 10.1. The van der Waals surface area contributed by atoms with E-state index in [0.29, 0.717) is 32.7 Å². The van der Waals surface area contributed by atoms with Gasteiger partial charge in [-0.25, -0.2) is 14.4 Å². The molecule has 0 aliphatic rings. The molecular formula is C22H17FIN5O. The molecule has 2 aromatic carbocycles. The lowest BCUT2D eigenvalue weighted by Crippen LogP contribution is -2.17. The Balaban J connectivity index is 1.87. The van der Waals surface area contributed by atoms with Gasteiger partial charge in [-0.05, 0) is 54.1 Å². The summed E-state index contributed by atoms with van der Waals surface area (Å²) in [5, 5.41) is 6.65. The number of alkyl halides is 1. The average Bonchev–Trinajstić information content (AvgIpc) is 2.79. The highest BCUT2D eigenvalue weighted by Gasteiger charge is 2.13. The largest absolute Gasteiger partial charge is 0.355 e. The molecule has 8 heteroatoms. The van der Waals surface area contributed by atoms with Crippen molar-refractivity contribution in [2.24, 2.45) is 0 Å². The summed E-state index contributed by atoms with van der Waals surface area (Å²) < 4.78 is 14.5. The van der Waals surface area contributed by atoms with Gasteiger partial charge in [0.25, 0.3) is 5.91 Å². The molecule has 30 heavy (non-hydrogen) atoms. The molecule has 4 rings (SSSR count). The van der Waals surface area contributed by atoms with Crippen molar-refractivity contribution in [2.75, 3.05) is 12.4 Å². The fraction of sp³-hybridized carbons (Fsp3) is 0.0909. The van der Waals surface area contributed by atoms with Crippen LogP contribution in [0.15, 0.2) is 60.9 Å². The molecule has 0 fully saturated rings. The van der Waals surface area contributed by atoms with Crippen molar-refractivity contribution in [3.8, 4) is 11.4 Å². The van der Waals surface area contributed by atoms with Crippen LogP contribution in [0.5, 0.6) is 0 Å². The van der Waals surface area contributed by atoms with Gasteiger partial charge in [0.15, 0.2) is 5.82 Å². The summed E-state index contributed by atoms with van der Waals surface area (Å²) in [6, 6.07) is 13.8. The number of carbonyl (C=O) groups is 1. The Hall–Kier alpha value is -3.14. The number of benzene rings is 2. The Bertz CT molecular complexity index is 1230. The molecule has 2 aromatic heterocycles. The number of halogens is 2. The van der Waals surface area contributed by atoms with E-state index in [1.54, 1.807) is 49.8 Å². The van der Waals surface area contributed by atoms with Gasteiger partial charge in [0, 0.05) is 46.1 Å². The smallest absolute Gasteiger partial charge is 0.251 e. The maximum Gasteiger partial charge on any atom is 0.251 e. The van der Waals surface area contributed by atoms with Crippen molar-refractivity contribution < 1.29 is 9.18 Å². The zero-order valence-electron chi connectivity index (χ0n) is 16.0. The highest BCUT2D eigenvalue weighted by molar-refractivity contribution is 14.1. The van der Waals surface area contributed by atoms with E-state index in [-0.39, 0.29) is 11.7 Å². The van der Waals surface area contributed by atoms with Crippen LogP contribution in [-0.4, -0.2) is 27.9 Å². The van der Waals surface area contributed by atoms with Crippen LogP contribution in [0.4, 0.5) is 15.9 Å². The molecule has 2 N–H and O–H groups in total. The molecule has 0 atom stereocenters. The van der Waals surface area contributed by atoms with Crippen LogP contribution in [-0.2, 0) is 4.43 Å². The molecule has 0 aliphatic carbocycles. The molecule has 0 aliphatic heterocycles. The molecule has 150 valence electrons. The summed E-state index contributed by atoms with van der Waals surface area (Å²) in [5.74, 6) is 0.601. The van der Waals surface area contributed by atoms with Gasteiger partial charge in [-0.3, -0.25) is 9.78 Å². The quantitative estimate of drug-likeness (QED) is 0.294. The van der Waals surface area contributed by atoms with Gasteiger partial charge in [0.05, 0.1) is 5.52 Å². The third kappa shape index (κ3) is 4.09. The number of hydrogen-bond acceptors (Lipinski definition) is 5. The Labute approximate surface area is 186 Å². The maximum absolute atomic E-state index is 13.9. The number of pyridine rings is 1. The van der Waals surface area contributed by atoms with E-state index in [1.807, 2.05) is 12.1 Å². The lowest BCUT2D eigenvalue weighted by molar-refractivity contribution is 0.0963. The van der Waals surface area contributed by atoms with Crippen LogP contribution in [0.25, 0.3) is 22.3 Å². The Morgan fingerprint density at radius 3 is 2.73 bits per heavy atom. The normalized spacial score (nSPS) is 10.8. The minimum atomic E-state index is -0.242. The molecule has 0 bridgehead atoms. The number of carbonyl (C=O) groups excluding carboxylic acids is 1. The molecule has 0 saturated carbocycles. The molecule has 1 amide bonds. The highest BCUT2D eigenvalue weighted by Crippen LogP contribution is 2.29. The number of fused-ring (bicyclic) bond motifs is 1. The summed E-state index contributed by atoms with van der Waals surface area (Å²) in [4.78, 5) is 25.5. The molecule has 0 unspecified atom stereocenters. The van der Waals surface area contributed by atoms with E-state index < -0.39 is 0 Å². The lowest BCUT2D eigenvalue weighted by Gasteiger charge is -2.13. The van der Waals surface area contributed by atoms with Crippen molar-refractivity contribution in [1.29, 1.82) is 0 Å². The topological polar surface area (TPSA) is 79.8 Å². The fourth-order valence-electron chi connectivity index (χ4n) is 3.03. The number of hydrogen-bond donors (Lipinski definition) is 2. The van der Waals surface area contributed by atoms with E-state index in [2.05, 4.69) is 48.2 Å². The monoisotopic (exact) mass is 513 g/mol. The zero-order valence-corrected chi connectivity index (χ0v) is 18.1. The number of aromatic nitrogens is 3. The van der Waals surface area contributed by atoms with E-state index in [0.717, 1.165) is 16.6 Å². The number of nitrogens with zero attached hydrogens (tertiary/aromatic N) is 3. The molecule has 0 spiro atoms. The molecular weight excluding hydrogens is 496 g/mol. The van der Waals surface area contributed by atoms with Gasteiger partial charge in [-0.15, -0.1) is 0 Å². The molecule has 0 saturated heterocycles. The first-order valence-electron chi connectivity index (χ1n) is 9.14. The minimum Gasteiger partial charge on any atom is -0.355 e. The third-order valence-corrected chi connectivity index (χ3v) is 5.38. The second-order valence-corrected chi connectivity index (χ2v) is 7.28. The van der Waals surface area contributed by atoms with Crippen LogP contribution in [0.2, 0.25) is 0 Å². The van der Waals surface area contributed by atoms with Gasteiger partial charge in [-0.2, -0.15) is 0 Å². The number of nitrogens with one attached hydrogen (secondary N) is 2. The summed E-state index contributed by atoms with van der Waals surface area (Å²) >= 11 is 2.13. The van der Waals surface area contributed by atoms with E-state index in [4.69, 9.17) is 0 Å². The van der Waals surface area contributed by atoms with E-state index in [9.17, 15) is 9.18 Å². The number of rotatable bonds is 5. The number of anilines is 2. The second-order valence-electron chi connectivity index (χ2n) is 6.51. The van der Waals surface area contributed by atoms with Crippen LogP contribution in [0.1, 0.15) is 15.9 Å². The Kier molecular flexibility index (Phi) is 5.84. The van der Waals surface area contributed by atoms with E-state index in [1.165, 1.54) is 6.07 Å². The minimum absolute atomic E-state index is 0.196. The SMILES string of the molecule is CNC(=O)c1ccc2c(Nc3ccc(F)c(CI)c3)nc(-c3cccnc3)nc2c1. The van der Waals surface area contributed by atoms with Crippen molar-refractivity contribution >= 4 is 50.9 Å². The van der Waals surface area contributed by atoms with Crippen LogP contribution in [0.3, 0.4) is 0 Å². The van der Waals surface area contributed by atoms with Gasteiger partial charge < -0.3 is 10.6 Å². The molecule has 4 aromatic rings. The van der Waals surface area contributed by atoms with Crippen LogP contribution >= 0.6 is 22.6 Å². The standard InChI is InChI=1S/C22H17FIN5O/c1-25-22(30)13-4-6-17-19(10-13)28-20(14-3-2-8-26-12-14)29-21(17)27-16-5-7-18(23)15(9-16)11-24/h2-10,12H,11H2,1H3,(H,25,30)(H,27,28,29). The number of amides is 1. The van der Waals surface area contributed by atoms with Gasteiger partial charge in [0.2, 0.25) is 0 Å². The fourth-order valence-corrected chi connectivity index (χ4v) is 3.61. The molecule has 2 heterocycles. The van der Waals surface area contributed by atoms with Gasteiger partial charge in [-0.1, -0.05) is 22.6 Å². The first kappa shape index (κ1) is 20.1. The maximum atomic E-state index is 13.9. The van der Waals surface area contributed by atoms with Gasteiger partial charge in [0.1, 0.15) is 11.6 Å². The first-order valence-corrected chi connectivity index (χ1v) is 10.7. The summed E-state index contributed by atoms with van der Waals surface area (Å²) in [5.41, 5.74) is 3.19. The van der Waals surface area contributed by atoms with Crippen molar-refractivity contribution in [3.63, 3.8) is 0 Å². The van der Waals surface area contributed by atoms with Crippen LogP contribution < -0.4 is 10.6 Å². The van der Waals surface area contributed by atoms with Gasteiger partial charge >= 0.3 is 0 Å². The highest BCUT2D eigenvalue weighted by atomic mass is 127. The van der Waals surface area contributed by atoms with Crippen molar-refractivity contribution in [2.45, 2.75) is 4.43 Å². The third-order valence-electron chi connectivity index (χ3n) is 4.56. The average molecular weight is 513 g/mol. The molecule has 0 radical (unpaired) electrons. The Morgan fingerprint density at radius 2 is 2.00 bits per heavy atom. The zero-order chi connectivity index (χ0) is 21.1. The predicted octanol–water partition coefficient (Wildman–Crippen LogP) is 4.87. The van der Waals surface area contributed by atoms with Crippen molar-refractivity contribution in [3.05, 3.63) is 77.9 Å². The summed E-state index contributed by atoms with van der Waals surface area (Å²) in [6.07, 6.45) is 3.36.